The van der Waals surface area contributed by atoms with Crippen LogP contribution in [0.5, 0.6) is 5.75 Å². The molecule has 1 fully saturated rings. The standard InChI is InChI=1S/C20H26N2O3S/c1-15-13-19(25-3)14-16(2)20(15)26(23,24)21-17-7-9-18(10-8-17)22-11-5-4-6-12-22/h7-10,13-14,21H,4-6,11-12H2,1-3H3. The lowest BCUT2D eigenvalue weighted by Gasteiger charge is -2.28. The molecule has 0 radical (unpaired) electrons. The first-order valence-electron chi connectivity index (χ1n) is 8.94. The molecular weight excluding hydrogens is 348 g/mol. The van der Waals surface area contributed by atoms with Gasteiger partial charge in [0.15, 0.2) is 0 Å². The van der Waals surface area contributed by atoms with Crippen LogP contribution in [0.2, 0.25) is 0 Å². The van der Waals surface area contributed by atoms with Gasteiger partial charge >= 0.3 is 0 Å². The molecule has 6 heteroatoms. The minimum atomic E-state index is -3.66. The molecule has 1 heterocycles. The Bertz CT molecular complexity index is 847. The van der Waals surface area contributed by atoms with Gasteiger partial charge in [0.25, 0.3) is 10.0 Å². The van der Waals surface area contributed by atoms with Crippen LogP contribution in [0.1, 0.15) is 30.4 Å². The number of sulfonamides is 1. The first kappa shape index (κ1) is 18.6. The maximum absolute atomic E-state index is 12.9. The van der Waals surface area contributed by atoms with E-state index in [1.807, 2.05) is 24.3 Å². The van der Waals surface area contributed by atoms with E-state index < -0.39 is 10.0 Å². The van der Waals surface area contributed by atoms with Crippen molar-refractivity contribution >= 4 is 21.4 Å². The summed E-state index contributed by atoms with van der Waals surface area (Å²) in [5, 5.41) is 0. The van der Waals surface area contributed by atoms with Crippen LogP contribution < -0.4 is 14.4 Å². The number of aryl methyl sites for hydroxylation is 2. The highest BCUT2D eigenvalue weighted by Gasteiger charge is 2.21. The summed E-state index contributed by atoms with van der Waals surface area (Å²) in [6, 6.07) is 11.1. The normalized spacial score (nSPS) is 15.0. The molecule has 0 aromatic heterocycles. The zero-order valence-electron chi connectivity index (χ0n) is 15.6. The minimum absolute atomic E-state index is 0.304. The summed E-state index contributed by atoms with van der Waals surface area (Å²) in [5.74, 6) is 0.657. The predicted octanol–water partition coefficient (Wildman–Crippen LogP) is 4.10. The predicted molar refractivity (Wildman–Crippen MR) is 106 cm³/mol. The molecule has 0 amide bonds. The third kappa shape index (κ3) is 3.96. The average Bonchev–Trinajstić information content (AvgIpc) is 2.61. The fourth-order valence-electron chi connectivity index (χ4n) is 3.55. The molecule has 2 aromatic carbocycles. The molecule has 0 aliphatic carbocycles. The Hall–Kier alpha value is -2.21. The Morgan fingerprint density at radius 2 is 1.54 bits per heavy atom. The highest BCUT2D eigenvalue weighted by atomic mass is 32.2. The van der Waals surface area contributed by atoms with Crippen LogP contribution in [-0.4, -0.2) is 28.6 Å². The first-order chi connectivity index (χ1) is 12.4. The van der Waals surface area contributed by atoms with E-state index in [1.165, 1.54) is 19.3 Å². The third-order valence-electron chi connectivity index (χ3n) is 4.78. The van der Waals surface area contributed by atoms with Gasteiger partial charge in [0.1, 0.15) is 5.75 Å². The Balaban J connectivity index is 1.81. The topological polar surface area (TPSA) is 58.6 Å². The SMILES string of the molecule is COc1cc(C)c(S(=O)(=O)Nc2ccc(N3CCCCC3)cc2)c(C)c1. The molecule has 1 N–H and O–H groups in total. The van der Waals surface area contributed by atoms with Crippen molar-refractivity contribution in [2.24, 2.45) is 0 Å². The first-order valence-corrected chi connectivity index (χ1v) is 10.4. The van der Waals surface area contributed by atoms with Gasteiger partial charge in [-0.25, -0.2) is 8.42 Å². The van der Waals surface area contributed by atoms with Gasteiger partial charge in [-0.3, -0.25) is 4.72 Å². The lowest BCUT2D eigenvalue weighted by molar-refractivity contribution is 0.413. The summed E-state index contributed by atoms with van der Waals surface area (Å²) in [6.07, 6.45) is 3.71. The average molecular weight is 375 g/mol. The van der Waals surface area contributed by atoms with E-state index in [9.17, 15) is 8.42 Å². The van der Waals surface area contributed by atoms with Gasteiger partial charge in [-0.1, -0.05) is 0 Å². The number of rotatable bonds is 5. The number of ether oxygens (including phenoxy) is 1. The number of hydrogen-bond acceptors (Lipinski definition) is 4. The fourth-order valence-corrected chi connectivity index (χ4v) is 5.06. The van der Waals surface area contributed by atoms with Crippen molar-refractivity contribution in [1.82, 2.24) is 0 Å². The molecule has 1 aliphatic heterocycles. The number of piperidine rings is 1. The molecule has 0 unspecified atom stereocenters. The van der Waals surface area contributed by atoms with Crippen LogP contribution in [-0.2, 0) is 10.0 Å². The Labute approximate surface area is 156 Å². The number of nitrogens with zero attached hydrogens (tertiary/aromatic N) is 1. The molecular formula is C20H26N2O3S. The molecule has 5 nitrogen and oxygen atoms in total. The molecule has 0 atom stereocenters. The van der Waals surface area contributed by atoms with Crippen molar-refractivity contribution in [2.45, 2.75) is 38.0 Å². The second-order valence-electron chi connectivity index (χ2n) is 6.79. The summed E-state index contributed by atoms with van der Waals surface area (Å²) in [6.45, 7) is 5.69. The van der Waals surface area contributed by atoms with Crippen LogP contribution in [0.25, 0.3) is 0 Å². The number of benzene rings is 2. The summed E-state index contributed by atoms with van der Waals surface area (Å²) >= 11 is 0. The minimum Gasteiger partial charge on any atom is -0.497 e. The Kier molecular flexibility index (Phi) is 5.41. The molecule has 0 saturated carbocycles. The van der Waals surface area contributed by atoms with E-state index in [-0.39, 0.29) is 0 Å². The smallest absolute Gasteiger partial charge is 0.262 e. The van der Waals surface area contributed by atoms with Crippen LogP contribution in [0.15, 0.2) is 41.3 Å². The van der Waals surface area contributed by atoms with Gasteiger partial charge in [0, 0.05) is 24.5 Å². The third-order valence-corrected chi connectivity index (χ3v) is 6.46. The second kappa shape index (κ2) is 7.58. The zero-order chi connectivity index (χ0) is 18.7. The summed E-state index contributed by atoms with van der Waals surface area (Å²) in [7, 11) is -2.08. The maximum Gasteiger partial charge on any atom is 0.262 e. The molecule has 1 aliphatic rings. The molecule has 0 spiro atoms. The largest absolute Gasteiger partial charge is 0.497 e. The maximum atomic E-state index is 12.9. The molecule has 0 bridgehead atoms. The summed E-state index contributed by atoms with van der Waals surface area (Å²) < 4.78 is 33.6. The van der Waals surface area contributed by atoms with E-state index in [0.717, 1.165) is 18.8 Å². The van der Waals surface area contributed by atoms with E-state index in [0.29, 0.717) is 27.5 Å². The monoisotopic (exact) mass is 374 g/mol. The molecule has 3 rings (SSSR count). The van der Waals surface area contributed by atoms with E-state index in [1.54, 1.807) is 33.1 Å². The number of hydrogen-bond donors (Lipinski definition) is 1. The summed E-state index contributed by atoms with van der Waals surface area (Å²) in [5.41, 5.74) is 3.04. The van der Waals surface area contributed by atoms with E-state index >= 15 is 0 Å². The van der Waals surface area contributed by atoms with Crippen molar-refractivity contribution in [1.29, 1.82) is 0 Å². The van der Waals surface area contributed by atoms with Crippen molar-refractivity contribution in [2.75, 3.05) is 29.8 Å². The van der Waals surface area contributed by atoms with Crippen molar-refractivity contribution < 1.29 is 13.2 Å². The molecule has 140 valence electrons. The lowest BCUT2D eigenvalue weighted by atomic mass is 10.1. The molecule has 2 aromatic rings. The highest BCUT2D eigenvalue weighted by molar-refractivity contribution is 7.92. The number of anilines is 2. The summed E-state index contributed by atoms with van der Waals surface area (Å²) in [4.78, 5) is 2.65. The van der Waals surface area contributed by atoms with Gasteiger partial charge in [0.05, 0.1) is 12.0 Å². The highest BCUT2D eigenvalue weighted by Crippen LogP contribution is 2.28. The van der Waals surface area contributed by atoms with Crippen molar-refractivity contribution in [3.05, 3.63) is 47.5 Å². The van der Waals surface area contributed by atoms with Crippen LogP contribution in [0.4, 0.5) is 11.4 Å². The van der Waals surface area contributed by atoms with Gasteiger partial charge in [-0.2, -0.15) is 0 Å². The fraction of sp³-hybridized carbons (Fsp3) is 0.400. The Morgan fingerprint density at radius 3 is 2.08 bits per heavy atom. The van der Waals surface area contributed by atoms with Gasteiger partial charge in [-0.05, 0) is 80.6 Å². The molecule has 26 heavy (non-hydrogen) atoms. The number of nitrogens with one attached hydrogen (secondary N) is 1. The number of methoxy groups -OCH3 is 1. The van der Waals surface area contributed by atoms with Gasteiger partial charge in [0.2, 0.25) is 0 Å². The van der Waals surface area contributed by atoms with E-state index in [2.05, 4.69) is 9.62 Å². The lowest BCUT2D eigenvalue weighted by Crippen LogP contribution is -2.29. The van der Waals surface area contributed by atoms with Crippen LogP contribution in [0, 0.1) is 13.8 Å². The van der Waals surface area contributed by atoms with E-state index in [4.69, 9.17) is 4.74 Å². The van der Waals surface area contributed by atoms with Gasteiger partial charge in [-0.15, -0.1) is 0 Å². The van der Waals surface area contributed by atoms with Crippen LogP contribution in [0.3, 0.4) is 0 Å². The van der Waals surface area contributed by atoms with Crippen molar-refractivity contribution in [3.63, 3.8) is 0 Å². The second-order valence-corrected chi connectivity index (χ2v) is 8.41. The molecule has 1 saturated heterocycles. The van der Waals surface area contributed by atoms with Crippen molar-refractivity contribution in [3.8, 4) is 5.75 Å². The van der Waals surface area contributed by atoms with Crippen LogP contribution >= 0.6 is 0 Å². The van der Waals surface area contributed by atoms with Gasteiger partial charge < -0.3 is 9.64 Å². The zero-order valence-corrected chi connectivity index (χ0v) is 16.4. The Morgan fingerprint density at radius 1 is 0.962 bits per heavy atom. The quantitative estimate of drug-likeness (QED) is 0.856.